The van der Waals surface area contributed by atoms with E-state index in [1.807, 2.05) is 12.1 Å². The molecule has 0 bridgehead atoms. The van der Waals surface area contributed by atoms with Crippen molar-refractivity contribution in [2.45, 2.75) is 80.9 Å². The Bertz CT molecular complexity index is 1510. The number of nitrogens with zero attached hydrogens (tertiary/aromatic N) is 2. The minimum atomic E-state index is -2.42. The van der Waals surface area contributed by atoms with Gasteiger partial charge in [-0.1, -0.05) is 35.9 Å². The maximum Gasteiger partial charge on any atom is 0.340 e. The lowest BCUT2D eigenvalue weighted by Gasteiger charge is -2.45. The smallest absolute Gasteiger partial charge is 0.340 e. The van der Waals surface area contributed by atoms with Crippen LogP contribution >= 0.6 is 11.6 Å². The fraction of sp³-hybridized carbons (Fsp3) is 0.514. The molecule has 4 aliphatic rings. The summed E-state index contributed by atoms with van der Waals surface area (Å²) in [5, 5.41) is 33.5. The Hall–Kier alpha value is -3.33. The van der Waals surface area contributed by atoms with Crippen LogP contribution in [-0.4, -0.2) is 70.5 Å². The van der Waals surface area contributed by atoms with Gasteiger partial charge in [-0.15, -0.1) is 13.2 Å². The number of fused-ring (bicyclic) bond motifs is 3. The predicted molar refractivity (Wildman–Crippen MR) is 178 cm³/mol. The van der Waals surface area contributed by atoms with Crippen molar-refractivity contribution in [1.29, 1.82) is 0 Å². The highest BCUT2D eigenvalue weighted by molar-refractivity contribution is 6.30. The van der Waals surface area contributed by atoms with Crippen molar-refractivity contribution in [3.05, 3.63) is 83.4 Å². The molecule has 246 valence electrons. The van der Waals surface area contributed by atoms with E-state index in [0.717, 1.165) is 44.9 Å². The number of carboxylic acids is 1. The van der Waals surface area contributed by atoms with Crippen molar-refractivity contribution in [2.24, 2.45) is 11.8 Å². The van der Waals surface area contributed by atoms with Gasteiger partial charge in [-0.2, -0.15) is 0 Å². The van der Waals surface area contributed by atoms with Crippen LogP contribution in [0.1, 0.15) is 68.1 Å². The summed E-state index contributed by atoms with van der Waals surface area (Å²) in [4.78, 5) is 30.2. The zero-order valence-electron chi connectivity index (χ0n) is 26.4. The maximum absolute atomic E-state index is 13.5. The van der Waals surface area contributed by atoms with Crippen molar-refractivity contribution in [3.8, 4) is 5.75 Å². The van der Waals surface area contributed by atoms with Gasteiger partial charge >= 0.3 is 5.97 Å². The Kier molecular flexibility index (Phi) is 9.25. The van der Waals surface area contributed by atoms with E-state index in [-0.39, 0.29) is 34.8 Å². The number of carbonyl (C=O) groups excluding carboxylic acids is 1. The lowest BCUT2D eigenvalue weighted by atomic mass is 9.68. The predicted octanol–water partition coefficient (Wildman–Crippen LogP) is 5.62. The summed E-state index contributed by atoms with van der Waals surface area (Å²) in [7, 11) is 0. The van der Waals surface area contributed by atoms with Gasteiger partial charge < -0.3 is 29.9 Å². The first-order chi connectivity index (χ1) is 22.1. The van der Waals surface area contributed by atoms with Crippen LogP contribution in [0.3, 0.4) is 0 Å². The van der Waals surface area contributed by atoms with Gasteiger partial charge in [-0.05, 0) is 104 Å². The van der Waals surface area contributed by atoms with E-state index in [0.29, 0.717) is 49.1 Å². The molecule has 0 radical (unpaired) electrons. The van der Waals surface area contributed by atoms with Gasteiger partial charge in [-0.25, -0.2) is 4.79 Å². The number of aliphatic hydroxyl groups is 2. The molecule has 9 heteroatoms. The highest BCUT2D eigenvalue weighted by Crippen LogP contribution is 2.47. The number of hydrogen-bond donors (Lipinski definition) is 3. The summed E-state index contributed by atoms with van der Waals surface area (Å²) in [6.45, 7) is 9.82. The fourth-order valence-corrected chi connectivity index (χ4v) is 8.52. The van der Waals surface area contributed by atoms with Gasteiger partial charge in [0, 0.05) is 36.1 Å². The Balaban J connectivity index is 1.37. The van der Waals surface area contributed by atoms with Crippen LogP contribution in [0.2, 0.25) is 5.02 Å². The molecule has 0 unspecified atom stereocenters. The Morgan fingerprint density at radius 1 is 1.15 bits per heavy atom. The number of carbonyl (C=O) groups is 2. The highest BCUT2D eigenvalue weighted by Gasteiger charge is 2.46. The van der Waals surface area contributed by atoms with Crippen molar-refractivity contribution in [2.75, 3.05) is 31.1 Å². The second-order valence-electron chi connectivity index (χ2n) is 13.8. The molecule has 2 aromatic carbocycles. The Morgan fingerprint density at radius 2 is 1.98 bits per heavy atom. The summed E-state index contributed by atoms with van der Waals surface area (Å²) in [6.07, 6.45) is 9.19. The lowest BCUT2D eigenvalue weighted by molar-refractivity contribution is -0.165. The largest absolute Gasteiger partial charge is 0.490 e. The SMILES string of the molecule is C=CC[C@@H]1CCCN1C(=O)C[C@](O)(C(=O)O)c1ccc2c(c1)N(C[C@@H]1CC[C@H]1[C@@H](O)C=C)C[C@@]1(CCCc3cc(Cl)ccc31)CO2. The third-order valence-electron chi connectivity index (χ3n) is 11.0. The highest BCUT2D eigenvalue weighted by atomic mass is 35.5. The number of ether oxygens (including phenoxy) is 1. The molecule has 2 heterocycles. The van der Waals surface area contributed by atoms with Crippen LogP contribution in [0.15, 0.2) is 61.7 Å². The van der Waals surface area contributed by atoms with Gasteiger partial charge in [0.15, 0.2) is 5.60 Å². The number of halogens is 1. The summed E-state index contributed by atoms with van der Waals surface area (Å²) in [6, 6.07) is 11.1. The van der Waals surface area contributed by atoms with Crippen LogP contribution in [0.25, 0.3) is 0 Å². The number of hydrogen-bond acceptors (Lipinski definition) is 6. The van der Waals surface area contributed by atoms with Crippen molar-refractivity contribution in [3.63, 3.8) is 0 Å². The molecule has 1 saturated heterocycles. The number of aliphatic hydroxyl groups excluding tert-OH is 1. The average molecular weight is 649 g/mol. The third kappa shape index (κ3) is 5.96. The molecule has 8 nitrogen and oxygen atoms in total. The molecule has 2 aromatic rings. The molecule has 2 fully saturated rings. The summed E-state index contributed by atoms with van der Waals surface area (Å²) < 4.78 is 6.57. The molecular formula is C37H45ClN2O6. The summed E-state index contributed by atoms with van der Waals surface area (Å²) >= 11 is 6.40. The Labute approximate surface area is 276 Å². The molecule has 1 amide bonds. The topological polar surface area (TPSA) is 111 Å². The van der Waals surface area contributed by atoms with Crippen LogP contribution < -0.4 is 9.64 Å². The van der Waals surface area contributed by atoms with E-state index < -0.39 is 24.1 Å². The lowest BCUT2D eigenvalue weighted by Crippen LogP contribution is -2.49. The summed E-state index contributed by atoms with van der Waals surface area (Å²) in [5.41, 5.74) is 0.505. The number of aryl methyl sites for hydroxylation is 1. The van der Waals surface area contributed by atoms with Crippen LogP contribution in [0.4, 0.5) is 5.69 Å². The minimum absolute atomic E-state index is 0.0373. The first-order valence-corrected chi connectivity index (χ1v) is 16.9. The zero-order chi connectivity index (χ0) is 32.6. The molecule has 3 N–H and O–H groups in total. The molecule has 1 saturated carbocycles. The van der Waals surface area contributed by atoms with Gasteiger partial charge in [0.05, 0.1) is 24.8 Å². The minimum Gasteiger partial charge on any atom is -0.490 e. The van der Waals surface area contributed by atoms with Crippen molar-refractivity contribution >= 4 is 29.2 Å². The van der Waals surface area contributed by atoms with E-state index >= 15 is 0 Å². The van der Waals surface area contributed by atoms with Gasteiger partial charge in [0.1, 0.15) is 5.75 Å². The second-order valence-corrected chi connectivity index (χ2v) is 14.2. The zero-order valence-corrected chi connectivity index (χ0v) is 27.1. The Morgan fingerprint density at radius 3 is 2.70 bits per heavy atom. The van der Waals surface area contributed by atoms with E-state index in [4.69, 9.17) is 16.3 Å². The molecule has 46 heavy (non-hydrogen) atoms. The number of aliphatic carboxylic acids is 1. The van der Waals surface area contributed by atoms with E-state index in [1.54, 1.807) is 35.3 Å². The van der Waals surface area contributed by atoms with E-state index in [2.05, 4.69) is 24.1 Å². The average Bonchev–Trinajstić information content (AvgIpc) is 3.43. The van der Waals surface area contributed by atoms with Crippen molar-refractivity contribution in [1.82, 2.24) is 4.90 Å². The first-order valence-electron chi connectivity index (χ1n) is 16.6. The second kappa shape index (κ2) is 13.1. The normalized spacial score (nSPS) is 27.3. The number of benzene rings is 2. The van der Waals surface area contributed by atoms with Gasteiger partial charge in [0.25, 0.3) is 0 Å². The van der Waals surface area contributed by atoms with Crippen LogP contribution in [0.5, 0.6) is 5.75 Å². The van der Waals surface area contributed by atoms with E-state index in [9.17, 15) is 24.9 Å². The van der Waals surface area contributed by atoms with E-state index in [1.165, 1.54) is 11.1 Å². The molecule has 6 atom stereocenters. The molecule has 0 aromatic heterocycles. The maximum atomic E-state index is 13.5. The van der Waals surface area contributed by atoms with Gasteiger partial charge in [0.2, 0.25) is 5.91 Å². The number of amides is 1. The molecule has 1 spiro atoms. The third-order valence-corrected chi connectivity index (χ3v) is 11.3. The van der Waals surface area contributed by atoms with Crippen LogP contribution in [-0.2, 0) is 27.0 Å². The molecule has 2 aliphatic carbocycles. The molecule has 2 aliphatic heterocycles. The number of carboxylic acid groups (broad SMARTS) is 1. The molecule has 6 rings (SSSR count). The first kappa shape index (κ1) is 32.6. The fourth-order valence-electron chi connectivity index (χ4n) is 8.32. The standard InChI is InChI=1S/C37H45ClN2O6/c1-3-7-28-9-6-17-40(28)34(42)20-37(45,35(43)44)26-11-15-33-31(19-26)39(21-25-10-13-29(25)32(41)4-2)22-36(23-46-33)16-5-8-24-18-27(38)12-14-30(24)36/h3-4,11-12,14-15,18-19,25,28-29,32,41,45H,1-2,5-10,13,16-17,20-23H2,(H,43,44)/t25-,28+,29+,32-,36-,37+/m0/s1. The van der Waals surface area contributed by atoms with Crippen LogP contribution in [0, 0.1) is 11.8 Å². The van der Waals surface area contributed by atoms with Gasteiger partial charge in [-0.3, -0.25) is 4.79 Å². The number of rotatable bonds is 10. The number of likely N-dealkylation sites (tertiary alicyclic amines) is 1. The number of anilines is 1. The van der Waals surface area contributed by atoms with Crippen molar-refractivity contribution < 1.29 is 29.6 Å². The molecular weight excluding hydrogens is 604 g/mol. The monoisotopic (exact) mass is 648 g/mol. The summed E-state index contributed by atoms with van der Waals surface area (Å²) in [5.74, 6) is -0.968. The quantitative estimate of drug-likeness (QED) is 0.287.